The Morgan fingerprint density at radius 3 is 3.04 bits per heavy atom. The van der Waals surface area contributed by atoms with E-state index in [1.165, 1.54) is 6.42 Å². The minimum Gasteiger partial charge on any atom is -0.497 e. The third kappa shape index (κ3) is 2.56. The van der Waals surface area contributed by atoms with Crippen LogP contribution in [0.3, 0.4) is 0 Å². The molecule has 128 valence electrons. The van der Waals surface area contributed by atoms with E-state index in [-0.39, 0.29) is 18.6 Å². The molecule has 2 aliphatic heterocycles. The molecule has 0 bridgehead atoms. The Balaban J connectivity index is 1.61. The van der Waals surface area contributed by atoms with Crippen LogP contribution >= 0.6 is 0 Å². The fraction of sp³-hybridized carbons (Fsp3) is 0.500. The van der Waals surface area contributed by atoms with Crippen molar-refractivity contribution in [3.8, 4) is 5.75 Å². The number of piperazine rings is 1. The molecule has 0 radical (unpaired) electrons. The van der Waals surface area contributed by atoms with E-state index >= 15 is 0 Å². The zero-order valence-electron chi connectivity index (χ0n) is 13.9. The fourth-order valence-corrected chi connectivity index (χ4v) is 4.00. The maximum Gasteiger partial charge on any atom is 0.270 e. The largest absolute Gasteiger partial charge is 0.497 e. The lowest BCUT2D eigenvalue weighted by Gasteiger charge is -2.42. The maximum atomic E-state index is 13.0. The highest BCUT2D eigenvalue weighted by Gasteiger charge is 2.38. The standard InChI is InChI=1S/C18H23N3O3/c1-24-15-5-4-12-7-17(19-16(12)8-15)18(23)21-10-13-3-2-6-20(13)9-14(21)11-22/h4-5,7-8,13-14,19,22H,2-3,6,9-11H2,1H3/t13-,14+/m0/s1. The van der Waals surface area contributed by atoms with Gasteiger partial charge in [0.2, 0.25) is 0 Å². The number of nitrogens with zero attached hydrogens (tertiary/aromatic N) is 2. The molecular weight excluding hydrogens is 306 g/mol. The summed E-state index contributed by atoms with van der Waals surface area (Å²) in [5.74, 6) is 0.729. The number of aromatic nitrogens is 1. The molecule has 2 saturated heterocycles. The number of aliphatic hydroxyl groups is 1. The van der Waals surface area contributed by atoms with Crippen molar-refractivity contribution in [3.63, 3.8) is 0 Å². The lowest BCUT2D eigenvalue weighted by molar-refractivity contribution is 0.0189. The van der Waals surface area contributed by atoms with Crippen LogP contribution < -0.4 is 4.74 Å². The summed E-state index contributed by atoms with van der Waals surface area (Å²) in [7, 11) is 1.63. The molecule has 2 aliphatic rings. The van der Waals surface area contributed by atoms with Gasteiger partial charge in [0.25, 0.3) is 5.91 Å². The van der Waals surface area contributed by atoms with Crippen molar-refractivity contribution in [3.05, 3.63) is 30.0 Å². The van der Waals surface area contributed by atoms with E-state index in [1.54, 1.807) is 7.11 Å². The fourth-order valence-electron chi connectivity index (χ4n) is 4.00. The molecule has 3 heterocycles. The minimum atomic E-state index is -0.132. The highest BCUT2D eigenvalue weighted by atomic mass is 16.5. The van der Waals surface area contributed by atoms with Gasteiger partial charge in [-0.15, -0.1) is 0 Å². The van der Waals surface area contributed by atoms with Crippen LogP contribution in [0.5, 0.6) is 5.75 Å². The summed E-state index contributed by atoms with van der Waals surface area (Å²) in [6.07, 6.45) is 2.31. The number of hydrogen-bond donors (Lipinski definition) is 2. The van der Waals surface area contributed by atoms with Gasteiger partial charge in [-0.05, 0) is 37.6 Å². The van der Waals surface area contributed by atoms with Gasteiger partial charge in [0.15, 0.2) is 0 Å². The van der Waals surface area contributed by atoms with E-state index in [0.29, 0.717) is 18.3 Å². The maximum absolute atomic E-state index is 13.0. The lowest BCUT2D eigenvalue weighted by atomic mass is 10.1. The van der Waals surface area contributed by atoms with Crippen molar-refractivity contribution in [1.82, 2.24) is 14.8 Å². The predicted molar refractivity (Wildman–Crippen MR) is 91.4 cm³/mol. The number of H-pyrrole nitrogens is 1. The van der Waals surface area contributed by atoms with Crippen LogP contribution in [0.4, 0.5) is 0 Å². The zero-order chi connectivity index (χ0) is 16.7. The van der Waals surface area contributed by atoms with E-state index in [0.717, 1.165) is 36.2 Å². The molecule has 4 rings (SSSR count). The first-order chi connectivity index (χ1) is 11.7. The molecule has 1 aromatic carbocycles. The number of hydrogen-bond acceptors (Lipinski definition) is 4. The van der Waals surface area contributed by atoms with Crippen molar-refractivity contribution >= 4 is 16.8 Å². The summed E-state index contributed by atoms with van der Waals surface area (Å²) in [6.45, 7) is 2.54. The quantitative estimate of drug-likeness (QED) is 0.894. The second-order valence-corrected chi connectivity index (χ2v) is 6.72. The van der Waals surface area contributed by atoms with E-state index in [1.807, 2.05) is 29.2 Å². The third-order valence-corrected chi connectivity index (χ3v) is 5.32. The molecule has 2 aromatic rings. The number of amides is 1. The highest BCUT2D eigenvalue weighted by molar-refractivity contribution is 5.98. The highest BCUT2D eigenvalue weighted by Crippen LogP contribution is 2.27. The molecule has 2 N–H and O–H groups in total. The average molecular weight is 329 g/mol. The van der Waals surface area contributed by atoms with Gasteiger partial charge in [-0.2, -0.15) is 0 Å². The summed E-state index contributed by atoms with van der Waals surface area (Å²) >= 11 is 0. The van der Waals surface area contributed by atoms with Crippen molar-refractivity contribution in [2.24, 2.45) is 0 Å². The van der Waals surface area contributed by atoms with Gasteiger partial charge >= 0.3 is 0 Å². The number of nitrogens with one attached hydrogen (secondary N) is 1. The van der Waals surface area contributed by atoms with Crippen LogP contribution in [0.2, 0.25) is 0 Å². The summed E-state index contributed by atoms with van der Waals surface area (Å²) in [6, 6.07) is 7.91. The van der Waals surface area contributed by atoms with Gasteiger partial charge in [0.05, 0.1) is 19.8 Å². The number of carbonyl (C=O) groups excluding carboxylic acids is 1. The first-order valence-electron chi connectivity index (χ1n) is 8.52. The van der Waals surface area contributed by atoms with E-state index in [4.69, 9.17) is 4.74 Å². The smallest absolute Gasteiger partial charge is 0.270 e. The Morgan fingerprint density at radius 2 is 2.25 bits per heavy atom. The Bertz CT molecular complexity index is 757. The average Bonchev–Trinajstić information content (AvgIpc) is 3.24. The SMILES string of the molecule is COc1ccc2cc(C(=O)N3C[C@@H]4CCCN4C[C@@H]3CO)[nH]c2c1. The third-order valence-electron chi connectivity index (χ3n) is 5.32. The van der Waals surface area contributed by atoms with Crippen LogP contribution in [0.25, 0.3) is 10.9 Å². The molecule has 6 heteroatoms. The first-order valence-corrected chi connectivity index (χ1v) is 8.52. The summed E-state index contributed by atoms with van der Waals surface area (Å²) < 4.78 is 5.24. The molecule has 1 amide bonds. The molecule has 0 spiro atoms. The van der Waals surface area contributed by atoms with Crippen LogP contribution in [-0.4, -0.2) is 71.2 Å². The van der Waals surface area contributed by atoms with Crippen molar-refractivity contribution in [2.45, 2.75) is 24.9 Å². The Labute approximate surface area is 141 Å². The molecule has 24 heavy (non-hydrogen) atoms. The number of carbonyl (C=O) groups is 1. The second kappa shape index (κ2) is 6.11. The van der Waals surface area contributed by atoms with Gasteiger partial charge in [0.1, 0.15) is 11.4 Å². The second-order valence-electron chi connectivity index (χ2n) is 6.72. The van der Waals surface area contributed by atoms with Crippen LogP contribution in [0, 0.1) is 0 Å². The van der Waals surface area contributed by atoms with Gasteiger partial charge in [-0.3, -0.25) is 9.69 Å². The molecule has 0 saturated carbocycles. The number of aliphatic hydroxyl groups excluding tert-OH is 1. The molecule has 2 atom stereocenters. The van der Waals surface area contributed by atoms with E-state index in [2.05, 4.69) is 9.88 Å². The topological polar surface area (TPSA) is 68.8 Å². The van der Waals surface area contributed by atoms with Gasteiger partial charge in [-0.25, -0.2) is 0 Å². The van der Waals surface area contributed by atoms with Crippen molar-refractivity contribution in [1.29, 1.82) is 0 Å². The van der Waals surface area contributed by atoms with Gasteiger partial charge in [-0.1, -0.05) is 0 Å². The number of methoxy groups -OCH3 is 1. The monoisotopic (exact) mass is 329 g/mol. The van der Waals surface area contributed by atoms with Gasteiger partial charge < -0.3 is 19.7 Å². The lowest BCUT2D eigenvalue weighted by Crippen LogP contribution is -2.59. The summed E-state index contributed by atoms with van der Waals surface area (Å²) in [5, 5.41) is 10.7. The number of fused-ring (bicyclic) bond motifs is 2. The molecule has 1 aromatic heterocycles. The van der Waals surface area contributed by atoms with Crippen LogP contribution in [0.1, 0.15) is 23.3 Å². The predicted octanol–water partition coefficient (Wildman–Crippen LogP) is 1.46. The van der Waals surface area contributed by atoms with Crippen LogP contribution in [0.15, 0.2) is 24.3 Å². The molecule has 0 aliphatic carbocycles. The zero-order valence-corrected chi connectivity index (χ0v) is 13.9. The van der Waals surface area contributed by atoms with Gasteiger partial charge in [0, 0.05) is 36.1 Å². The minimum absolute atomic E-state index is 0.00299. The van der Waals surface area contributed by atoms with E-state index < -0.39 is 0 Å². The number of ether oxygens (including phenoxy) is 1. The van der Waals surface area contributed by atoms with Crippen molar-refractivity contribution < 1.29 is 14.6 Å². The molecular formula is C18H23N3O3. The summed E-state index contributed by atoms with van der Waals surface area (Å²) in [5.41, 5.74) is 1.46. The van der Waals surface area contributed by atoms with Crippen molar-refractivity contribution in [2.75, 3.05) is 33.4 Å². The normalized spacial score (nSPS) is 24.3. The Hall–Kier alpha value is -2.05. The number of benzene rings is 1. The number of aromatic amines is 1. The molecule has 2 fully saturated rings. The Kier molecular flexibility index (Phi) is 3.94. The first kappa shape index (κ1) is 15.5. The number of rotatable bonds is 3. The molecule has 0 unspecified atom stereocenters. The van der Waals surface area contributed by atoms with Crippen LogP contribution in [-0.2, 0) is 0 Å². The van der Waals surface area contributed by atoms with E-state index in [9.17, 15) is 9.90 Å². The Morgan fingerprint density at radius 1 is 1.38 bits per heavy atom. The molecule has 6 nitrogen and oxygen atoms in total. The summed E-state index contributed by atoms with van der Waals surface area (Å²) in [4.78, 5) is 20.5.